The molecule has 1 saturated heterocycles. The van der Waals surface area contributed by atoms with Gasteiger partial charge in [-0.3, -0.25) is 14.5 Å². The number of likely N-dealkylation sites (tertiary alicyclic amines) is 1. The summed E-state index contributed by atoms with van der Waals surface area (Å²) in [6, 6.07) is 15.7. The maximum atomic E-state index is 14.1. The summed E-state index contributed by atoms with van der Waals surface area (Å²) in [5.41, 5.74) is 2.22. The number of carbonyl (C=O) groups is 1. The van der Waals surface area contributed by atoms with Gasteiger partial charge in [0.05, 0.1) is 6.54 Å². The van der Waals surface area contributed by atoms with E-state index in [4.69, 9.17) is 4.74 Å². The van der Waals surface area contributed by atoms with Crippen LogP contribution in [0, 0.1) is 5.82 Å². The summed E-state index contributed by atoms with van der Waals surface area (Å²) in [4.78, 5) is 24.2. The lowest BCUT2D eigenvalue weighted by Crippen LogP contribution is -2.39. The van der Waals surface area contributed by atoms with Gasteiger partial charge in [0.1, 0.15) is 5.69 Å². The average Bonchev–Trinajstić information content (AvgIpc) is 3.39. The fourth-order valence-corrected chi connectivity index (χ4v) is 4.32. The summed E-state index contributed by atoms with van der Waals surface area (Å²) >= 11 is 0. The molecule has 3 heterocycles. The summed E-state index contributed by atoms with van der Waals surface area (Å²) in [7, 11) is 0. The second kappa shape index (κ2) is 9.82. The molecule has 0 N–H and O–H groups in total. The molecule has 0 bridgehead atoms. The SMILES string of the molecule is O=C(c1ccccc1Cn1cccn1)N1CCC[C@H](c2nccnc2Oc2ccccc2F)C1. The van der Waals surface area contributed by atoms with E-state index in [0.29, 0.717) is 30.9 Å². The van der Waals surface area contributed by atoms with Crippen molar-refractivity contribution in [3.05, 3.63) is 102 Å². The lowest BCUT2D eigenvalue weighted by Gasteiger charge is -2.33. The van der Waals surface area contributed by atoms with Crippen LogP contribution in [0.3, 0.4) is 0 Å². The zero-order valence-corrected chi connectivity index (χ0v) is 18.5. The summed E-state index contributed by atoms with van der Waals surface area (Å²) in [5.74, 6) is -0.181. The van der Waals surface area contributed by atoms with Crippen LogP contribution in [0.5, 0.6) is 11.6 Å². The fourth-order valence-electron chi connectivity index (χ4n) is 4.32. The molecule has 0 radical (unpaired) electrons. The molecule has 0 spiro atoms. The van der Waals surface area contributed by atoms with Crippen LogP contribution in [-0.2, 0) is 6.54 Å². The number of halogens is 1. The first kappa shape index (κ1) is 21.8. The number of nitrogens with zero attached hydrogens (tertiary/aromatic N) is 5. The Bertz CT molecular complexity index is 1280. The third-order valence-corrected chi connectivity index (χ3v) is 5.97. The van der Waals surface area contributed by atoms with Gasteiger partial charge in [0, 0.05) is 49.4 Å². The van der Waals surface area contributed by atoms with Crippen LogP contribution in [0.25, 0.3) is 0 Å². The number of para-hydroxylation sites is 1. The van der Waals surface area contributed by atoms with E-state index in [1.54, 1.807) is 35.3 Å². The van der Waals surface area contributed by atoms with Crippen molar-refractivity contribution in [1.82, 2.24) is 24.6 Å². The Morgan fingerprint density at radius 2 is 1.85 bits per heavy atom. The molecule has 7 nitrogen and oxygen atoms in total. The zero-order valence-electron chi connectivity index (χ0n) is 18.5. The van der Waals surface area contributed by atoms with Gasteiger partial charge >= 0.3 is 0 Å². The minimum absolute atomic E-state index is 0.0204. The van der Waals surface area contributed by atoms with Crippen LogP contribution in [-0.4, -0.2) is 43.6 Å². The standard InChI is InChI=1S/C26H24FN5O2/c27-22-10-3-4-11-23(22)34-25-24(28-13-14-29-25)20-8-5-15-31(17-20)26(33)21-9-2-1-7-19(21)18-32-16-6-12-30-32/h1-4,6-7,9-14,16,20H,5,8,15,17-18H2/t20-/m0/s1. The number of rotatable bonds is 6. The predicted molar refractivity (Wildman–Crippen MR) is 124 cm³/mol. The molecular weight excluding hydrogens is 433 g/mol. The summed E-state index contributed by atoms with van der Waals surface area (Å²) in [6.07, 6.45) is 8.39. The second-order valence-electron chi connectivity index (χ2n) is 8.23. The van der Waals surface area contributed by atoms with E-state index in [0.717, 1.165) is 18.4 Å². The van der Waals surface area contributed by atoms with E-state index < -0.39 is 5.82 Å². The van der Waals surface area contributed by atoms with Gasteiger partial charge in [-0.05, 0) is 42.7 Å². The van der Waals surface area contributed by atoms with Crippen LogP contribution in [0.15, 0.2) is 79.4 Å². The zero-order chi connectivity index (χ0) is 23.3. The van der Waals surface area contributed by atoms with Crippen LogP contribution < -0.4 is 4.74 Å². The molecule has 34 heavy (non-hydrogen) atoms. The Labute approximate surface area is 196 Å². The minimum Gasteiger partial charge on any atom is -0.434 e. The van der Waals surface area contributed by atoms with E-state index in [1.165, 1.54) is 12.3 Å². The number of aromatic nitrogens is 4. The molecule has 4 aromatic rings. The van der Waals surface area contributed by atoms with Crippen molar-refractivity contribution in [2.45, 2.75) is 25.3 Å². The first-order chi connectivity index (χ1) is 16.7. The molecule has 2 aromatic heterocycles. The van der Waals surface area contributed by atoms with Crippen LogP contribution >= 0.6 is 0 Å². The normalized spacial score (nSPS) is 15.8. The summed E-state index contributed by atoms with van der Waals surface area (Å²) < 4.78 is 21.7. The second-order valence-corrected chi connectivity index (χ2v) is 8.23. The van der Waals surface area contributed by atoms with E-state index in [1.807, 2.05) is 41.4 Å². The molecule has 1 amide bonds. The molecule has 0 aliphatic carbocycles. The Balaban J connectivity index is 1.37. The maximum absolute atomic E-state index is 14.1. The quantitative estimate of drug-likeness (QED) is 0.421. The van der Waals surface area contributed by atoms with Gasteiger partial charge in [0.15, 0.2) is 11.6 Å². The first-order valence-electron chi connectivity index (χ1n) is 11.3. The predicted octanol–water partition coefficient (Wildman–Crippen LogP) is 4.67. The van der Waals surface area contributed by atoms with Gasteiger partial charge < -0.3 is 9.64 Å². The van der Waals surface area contributed by atoms with E-state index in [9.17, 15) is 9.18 Å². The van der Waals surface area contributed by atoms with Crippen molar-refractivity contribution in [3.8, 4) is 11.6 Å². The Morgan fingerprint density at radius 1 is 1.03 bits per heavy atom. The van der Waals surface area contributed by atoms with Crippen molar-refractivity contribution in [2.75, 3.05) is 13.1 Å². The van der Waals surface area contributed by atoms with E-state index in [2.05, 4.69) is 15.1 Å². The monoisotopic (exact) mass is 457 g/mol. The van der Waals surface area contributed by atoms with Crippen LogP contribution in [0.2, 0.25) is 0 Å². The minimum atomic E-state index is -0.464. The van der Waals surface area contributed by atoms with Gasteiger partial charge in [-0.1, -0.05) is 30.3 Å². The lowest BCUT2D eigenvalue weighted by molar-refractivity contribution is 0.0703. The molecule has 1 fully saturated rings. The molecule has 2 aromatic carbocycles. The third kappa shape index (κ3) is 4.66. The van der Waals surface area contributed by atoms with Crippen molar-refractivity contribution in [3.63, 3.8) is 0 Å². The summed E-state index contributed by atoms with van der Waals surface area (Å²) in [5, 5.41) is 4.26. The van der Waals surface area contributed by atoms with Gasteiger partial charge in [-0.25, -0.2) is 9.37 Å². The number of ether oxygens (including phenoxy) is 1. The number of piperidine rings is 1. The first-order valence-corrected chi connectivity index (χ1v) is 11.3. The van der Waals surface area contributed by atoms with Gasteiger partial charge in [0.25, 0.3) is 5.91 Å². The molecule has 172 valence electrons. The highest BCUT2D eigenvalue weighted by Gasteiger charge is 2.30. The highest BCUT2D eigenvalue weighted by molar-refractivity contribution is 5.95. The van der Waals surface area contributed by atoms with Crippen molar-refractivity contribution >= 4 is 5.91 Å². The number of benzene rings is 2. The Kier molecular flexibility index (Phi) is 6.29. The summed E-state index contributed by atoms with van der Waals surface area (Å²) in [6.45, 7) is 1.67. The number of amides is 1. The van der Waals surface area contributed by atoms with E-state index in [-0.39, 0.29) is 23.5 Å². The van der Waals surface area contributed by atoms with Crippen molar-refractivity contribution in [1.29, 1.82) is 0 Å². The Morgan fingerprint density at radius 3 is 2.71 bits per heavy atom. The highest BCUT2D eigenvalue weighted by atomic mass is 19.1. The fraction of sp³-hybridized carbons (Fsp3) is 0.231. The lowest BCUT2D eigenvalue weighted by atomic mass is 9.93. The van der Waals surface area contributed by atoms with Crippen LogP contribution in [0.1, 0.15) is 40.4 Å². The van der Waals surface area contributed by atoms with Gasteiger partial charge in [0.2, 0.25) is 5.88 Å². The maximum Gasteiger partial charge on any atom is 0.254 e. The molecule has 1 aliphatic heterocycles. The van der Waals surface area contributed by atoms with Gasteiger partial charge in [-0.15, -0.1) is 0 Å². The molecule has 1 atom stereocenters. The molecule has 5 rings (SSSR count). The van der Waals surface area contributed by atoms with Crippen molar-refractivity contribution < 1.29 is 13.9 Å². The number of carbonyl (C=O) groups excluding carboxylic acids is 1. The van der Waals surface area contributed by atoms with Crippen LogP contribution in [0.4, 0.5) is 4.39 Å². The molecule has 1 aliphatic rings. The highest BCUT2D eigenvalue weighted by Crippen LogP contribution is 2.34. The molecule has 0 saturated carbocycles. The molecule has 8 heteroatoms. The average molecular weight is 458 g/mol. The third-order valence-electron chi connectivity index (χ3n) is 5.97. The largest absolute Gasteiger partial charge is 0.434 e. The molecular formula is C26H24FN5O2. The van der Waals surface area contributed by atoms with E-state index >= 15 is 0 Å². The number of hydrogen-bond donors (Lipinski definition) is 0. The smallest absolute Gasteiger partial charge is 0.254 e. The topological polar surface area (TPSA) is 73.1 Å². The Hall–Kier alpha value is -4.07. The number of hydrogen-bond acceptors (Lipinski definition) is 5. The van der Waals surface area contributed by atoms with Crippen molar-refractivity contribution in [2.24, 2.45) is 0 Å². The molecule has 0 unspecified atom stereocenters. The van der Waals surface area contributed by atoms with Gasteiger partial charge in [-0.2, -0.15) is 5.10 Å².